The van der Waals surface area contributed by atoms with Gasteiger partial charge in [0.2, 0.25) is 0 Å². The average Bonchev–Trinajstić information content (AvgIpc) is 3.11. The molecule has 1 aliphatic carbocycles. The summed E-state index contributed by atoms with van der Waals surface area (Å²) in [5.41, 5.74) is 8.80. The summed E-state index contributed by atoms with van der Waals surface area (Å²) in [7, 11) is 1.70. The molecule has 0 aromatic heterocycles. The first-order valence-corrected chi connectivity index (χ1v) is 11.1. The molecule has 0 bridgehead atoms. The fourth-order valence-corrected chi connectivity index (χ4v) is 5.29. The van der Waals surface area contributed by atoms with Crippen LogP contribution in [0.1, 0.15) is 40.3 Å². The third-order valence-corrected chi connectivity index (χ3v) is 6.64. The number of hydrogen-bond acceptors (Lipinski definition) is 3. The lowest BCUT2D eigenvalue weighted by Crippen LogP contribution is -2.29. The molecule has 0 amide bonds. The minimum atomic E-state index is -0.496. The molecule has 0 heterocycles. The minimum absolute atomic E-state index is 0.317. The number of esters is 1. The van der Waals surface area contributed by atoms with Crippen molar-refractivity contribution in [3.63, 3.8) is 0 Å². The van der Waals surface area contributed by atoms with E-state index in [0.717, 1.165) is 22.4 Å². The summed E-state index contributed by atoms with van der Waals surface area (Å²) >= 11 is 0. The summed E-state index contributed by atoms with van der Waals surface area (Å²) in [4.78, 5) is 11.6. The van der Waals surface area contributed by atoms with Gasteiger partial charge in [0, 0.05) is 6.92 Å². The second-order valence-corrected chi connectivity index (χ2v) is 8.60. The van der Waals surface area contributed by atoms with Crippen LogP contribution in [-0.2, 0) is 10.2 Å². The predicted molar refractivity (Wildman–Crippen MR) is 131 cm³/mol. The summed E-state index contributed by atoms with van der Waals surface area (Å²) in [6.45, 7) is 5.50. The monoisotopic (exact) mass is 434 g/mol. The quantitative estimate of drug-likeness (QED) is 0.236. The van der Waals surface area contributed by atoms with Gasteiger partial charge in [0.1, 0.15) is 11.5 Å². The molecule has 0 N–H and O–H groups in total. The van der Waals surface area contributed by atoms with E-state index in [4.69, 9.17) is 9.47 Å². The number of carbonyl (C=O) groups excluding carboxylic acids is 1. The Morgan fingerprint density at radius 3 is 1.64 bits per heavy atom. The molecule has 0 atom stereocenters. The molecular weight excluding hydrogens is 408 g/mol. The van der Waals surface area contributed by atoms with E-state index >= 15 is 0 Å². The molecule has 5 rings (SSSR count). The Balaban J connectivity index is 1.87. The molecular formula is C30H26O3. The van der Waals surface area contributed by atoms with Crippen molar-refractivity contribution in [3.05, 3.63) is 118 Å². The number of ether oxygens (including phenoxy) is 2. The van der Waals surface area contributed by atoms with Crippen molar-refractivity contribution in [1.82, 2.24) is 0 Å². The number of rotatable bonds is 4. The second kappa shape index (κ2) is 7.93. The molecule has 3 heteroatoms. The molecule has 0 unspecified atom stereocenters. The third-order valence-electron chi connectivity index (χ3n) is 6.64. The van der Waals surface area contributed by atoms with Crippen LogP contribution in [0.15, 0.2) is 84.9 Å². The van der Waals surface area contributed by atoms with Crippen LogP contribution in [0.3, 0.4) is 0 Å². The van der Waals surface area contributed by atoms with Gasteiger partial charge >= 0.3 is 5.97 Å². The van der Waals surface area contributed by atoms with Crippen molar-refractivity contribution in [2.45, 2.75) is 26.2 Å². The first-order valence-electron chi connectivity index (χ1n) is 11.1. The Bertz CT molecular complexity index is 1340. The van der Waals surface area contributed by atoms with Gasteiger partial charge < -0.3 is 9.47 Å². The maximum atomic E-state index is 11.6. The van der Waals surface area contributed by atoms with Crippen molar-refractivity contribution in [1.29, 1.82) is 0 Å². The van der Waals surface area contributed by atoms with Crippen molar-refractivity contribution in [2.75, 3.05) is 7.11 Å². The second-order valence-electron chi connectivity index (χ2n) is 8.60. The normalized spacial score (nSPS) is 13.2. The number of aryl methyl sites for hydroxylation is 2. The molecule has 164 valence electrons. The van der Waals surface area contributed by atoms with E-state index in [2.05, 4.69) is 85.8 Å². The smallest absolute Gasteiger partial charge is 0.308 e. The number of methoxy groups -OCH3 is 1. The molecule has 3 nitrogen and oxygen atoms in total. The van der Waals surface area contributed by atoms with E-state index in [9.17, 15) is 4.79 Å². The van der Waals surface area contributed by atoms with E-state index in [1.54, 1.807) is 7.11 Å². The van der Waals surface area contributed by atoms with Crippen LogP contribution < -0.4 is 9.47 Å². The van der Waals surface area contributed by atoms with Crippen LogP contribution >= 0.6 is 0 Å². The van der Waals surface area contributed by atoms with Crippen LogP contribution in [0.4, 0.5) is 0 Å². The molecule has 0 aliphatic heterocycles. The highest BCUT2D eigenvalue weighted by Crippen LogP contribution is 2.56. The lowest BCUT2D eigenvalue weighted by Gasteiger charge is -2.34. The summed E-state index contributed by atoms with van der Waals surface area (Å²) in [6.07, 6.45) is 0. The predicted octanol–water partition coefficient (Wildman–Crippen LogP) is 6.60. The van der Waals surface area contributed by atoms with Crippen LogP contribution in [-0.4, -0.2) is 13.1 Å². The van der Waals surface area contributed by atoms with E-state index in [1.807, 2.05) is 13.0 Å². The molecule has 33 heavy (non-hydrogen) atoms. The van der Waals surface area contributed by atoms with Gasteiger partial charge in [-0.3, -0.25) is 4.79 Å². The van der Waals surface area contributed by atoms with E-state index in [-0.39, 0.29) is 5.97 Å². The van der Waals surface area contributed by atoms with Gasteiger partial charge in [-0.2, -0.15) is 0 Å². The zero-order valence-corrected chi connectivity index (χ0v) is 19.3. The maximum absolute atomic E-state index is 11.6. The van der Waals surface area contributed by atoms with Crippen LogP contribution in [0.25, 0.3) is 11.1 Å². The lowest BCUT2D eigenvalue weighted by atomic mass is 9.67. The topological polar surface area (TPSA) is 35.5 Å². The Morgan fingerprint density at radius 1 is 0.697 bits per heavy atom. The zero-order chi connectivity index (χ0) is 23.2. The van der Waals surface area contributed by atoms with Gasteiger partial charge in [-0.05, 0) is 70.5 Å². The largest absolute Gasteiger partial charge is 0.496 e. The molecule has 0 fully saturated rings. The maximum Gasteiger partial charge on any atom is 0.308 e. The van der Waals surface area contributed by atoms with E-state index in [0.29, 0.717) is 5.75 Å². The summed E-state index contributed by atoms with van der Waals surface area (Å²) in [5.74, 6) is 1.14. The summed E-state index contributed by atoms with van der Waals surface area (Å²) < 4.78 is 11.0. The van der Waals surface area contributed by atoms with E-state index in [1.165, 1.54) is 34.7 Å². The summed E-state index contributed by atoms with van der Waals surface area (Å²) in [6, 6.07) is 29.9. The Hall–Kier alpha value is -3.85. The van der Waals surface area contributed by atoms with Crippen LogP contribution in [0.2, 0.25) is 0 Å². The van der Waals surface area contributed by atoms with Crippen molar-refractivity contribution in [3.8, 4) is 22.6 Å². The van der Waals surface area contributed by atoms with Crippen LogP contribution in [0.5, 0.6) is 11.5 Å². The molecule has 0 radical (unpaired) electrons. The lowest BCUT2D eigenvalue weighted by molar-refractivity contribution is -0.131. The number of fused-ring (bicyclic) bond motifs is 3. The zero-order valence-electron chi connectivity index (χ0n) is 19.3. The van der Waals surface area contributed by atoms with E-state index < -0.39 is 5.41 Å². The minimum Gasteiger partial charge on any atom is -0.496 e. The molecule has 0 saturated heterocycles. The standard InChI is InChI=1S/C30H26O3/c1-19-17-22(13-15-28(19)32-4)30(23-14-16-29(20(2)18-23)33-21(3)31)26-11-7-5-9-24(26)25-10-6-8-12-27(25)30/h5-18H,1-4H3. The SMILES string of the molecule is COc1ccc(C2(c3ccc(OC(C)=O)c(C)c3)c3ccccc3-c3ccccc32)cc1C. The summed E-state index contributed by atoms with van der Waals surface area (Å²) in [5, 5.41) is 0. The van der Waals surface area contributed by atoms with Gasteiger partial charge in [0.05, 0.1) is 12.5 Å². The molecule has 4 aromatic rings. The third kappa shape index (κ3) is 3.15. The Labute approximate surface area is 194 Å². The number of hydrogen-bond donors (Lipinski definition) is 0. The van der Waals surface area contributed by atoms with Crippen molar-refractivity contribution >= 4 is 5.97 Å². The van der Waals surface area contributed by atoms with Gasteiger partial charge in [-0.15, -0.1) is 0 Å². The van der Waals surface area contributed by atoms with Gasteiger partial charge in [0.25, 0.3) is 0 Å². The highest BCUT2D eigenvalue weighted by molar-refractivity contribution is 5.86. The first-order chi connectivity index (χ1) is 16.0. The Kier molecular flexibility index (Phi) is 5.05. The Morgan fingerprint density at radius 2 is 1.18 bits per heavy atom. The molecule has 4 aromatic carbocycles. The van der Waals surface area contributed by atoms with Gasteiger partial charge in [-0.1, -0.05) is 72.8 Å². The number of benzene rings is 4. The number of carbonyl (C=O) groups is 1. The molecule has 0 spiro atoms. The van der Waals surface area contributed by atoms with Gasteiger partial charge in [0.15, 0.2) is 0 Å². The van der Waals surface area contributed by atoms with Gasteiger partial charge in [-0.25, -0.2) is 0 Å². The molecule has 0 saturated carbocycles. The fraction of sp³-hybridized carbons (Fsp3) is 0.167. The van der Waals surface area contributed by atoms with Crippen LogP contribution in [0, 0.1) is 13.8 Å². The average molecular weight is 435 g/mol. The van der Waals surface area contributed by atoms with Crippen molar-refractivity contribution in [2.24, 2.45) is 0 Å². The highest BCUT2D eigenvalue weighted by Gasteiger charge is 2.46. The van der Waals surface area contributed by atoms with Crippen molar-refractivity contribution < 1.29 is 14.3 Å². The highest BCUT2D eigenvalue weighted by atomic mass is 16.5. The molecule has 1 aliphatic rings. The fourth-order valence-electron chi connectivity index (χ4n) is 5.29. The first kappa shape index (κ1) is 21.0.